The molecular weight excluding hydrogens is 240 g/mol. The molecule has 0 bridgehead atoms. The molecule has 0 amide bonds. The number of ether oxygens (including phenoxy) is 3. The Morgan fingerprint density at radius 3 is 2.11 bits per heavy atom. The van der Waals surface area contributed by atoms with Gasteiger partial charge in [0, 0.05) is 19.9 Å². The maximum Gasteiger partial charge on any atom is 0.330 e. The Morgan fingerprint density at radius 2 is 1.67 bits per heavy atom. The summed E-state index contributed by atoms with van der Waals surface area (Å²) in [5, 5.41) is 0. The van der Waals surface area contributed by atoms with E-state index >= 15 is 0 Å². The SMILES string of the molecule is CCOC(=O)/C=C/C(OC(C)=O)C(C)OC(C)=O. The van der Waals surface area contributed by atoms with Crippen molar-refractivity contribution in [1.82, 2.24) is 0 Å². The van der Waals surface area contributed by atoms with Crippen molar-refractivity contribution in [2.45, 2.75) is 39.9 Å². The smallest absolute Gasteiger partial charge is 0.330 e. The van der Waals surface area contributed by atoms with Crippen LogP contribution in [0.2, 0.25) is 0 Å². The molecule has 0 radical (unpaired) electrons. The van der Waals surface area contributed by atoms with Crippen LogP contribution in [-0.4, -0.2) is 36.7 Å². The third kappa shape index (κ3) is 7.43. The number of carbonyl (C=O) groups is 3. The summed E-state index contributed by atoms with van der Waals surface area (Å²) in [4.78, 5) is 32.8. The molecular formula is C12H18O6. The molecule has 18 heavy (non-hydrogen) atoms. The number of carbonyl (C=O) groups excluding carboxylic acids is 3. The quantitative estimate of drug-likeness (QED) is 0.401. The number of rotatable bonds is 6. The van der Waals surface area contributed by atoms with Gasteiger partial charge in [0.1, 0.15) is 6.10 Å². The summed E-state index contributed by atoms with van der Waals surface area (Å²) in [5.74, 6) is -1.58. The summed E-state index contributed by atoms with van der Waals surface area (Å²) in [5.41, 5.74) is 0. The molecule has 2 atom stereocenters. The zero-order valence-corrected chi connectivity index (χ0v) is 11.0. The van der Waals surface area contributed by atoms with Gasteiger partial charge in [0.2, 0.25) is 0 Å². The molecule has 0 N–H and O–H groups in total. The average Bonchev–Trinajstić information content (AvgIpc) is 2.23. The molecule has 0 aromatic heterocycles. The lowest BCUT2D eigenvalue weighted by molar-refractivity contribution is -0.160. The van der Waals surface area contributed by atoms with Gasteiger partial charge in [-0.3, -0.25) is 9.59 Å². The van der Waals surface area contributed by atoms with Crippen LogP contribution in [0.25, 0.3) is 0 Å². The Bertz CT molecular complexity index is 333. The van der Waals surface area contributed by atoms with Crippen molar-refractivity contribution in [3.8, 4) is 0 Å². The summed E-state index contributed by atoms with van der Waals surface area (Å²) in [6.07, 6.45) is 0.956. The second kappa shape index (κ2) is 8.27. The minimum atomic E-state index is -0.823. The van der Waals surface area contributed by atoms with Crippen LogP contribution >= 0.6 is 0 Å². The van der Waals surface area contributed by atoms with E-state index in [1.807, 2.05) is 0 Å². The fourth-order valence-corrected chi connectivity index (χ4v) is 1.18. The van der Waals surface area contributed by atoms with Gasteiger partial charge in [-0.15, -0.1) is 0 Å². The van der Waals surface area contributed by atoms with E-state index in [-0.39, 0.29) is 6.61 Å². The molecule has 0 aromatic rings. The monoisotopic (exact) mass is 258 g/mol. The van der Waals surface area contributed by atoms with Crippen LogP contribution in [0.1, 0.15) is 27.7 Å². The Balaban J connectivity index is 4.61. The van der Waals surface area contributed by atoms with Crippen molar-refractivity contribution >= 4 is 17.9 Å². The second-order valence-electron chi connectivity index (χ2n) is 3.50. The van der Waals surface area contributed by atoms with Gasteiger partial charge < -0.3 is 14.2 Å². The third-order valence-electron chi connectivity index (χ3n) is 1.83. The Labute approximate surface area is 106 Å². The van der Waals surface area contributed by atoms with Gasteiger partial charge in [-0.2, -0.15) is 0 Å². The lowest BCUT2D eigenvalue weighted by atomic mass is 10.2. The lowest BCUT2D eigenvalue weighted by Crippen LogP contribution is -2.30. The highest BCUT2D eigenvalue weighted by atomic mass is 16.6. The van der Waals surface area contributed by atoms with Gasteiger partial charge in [0.25, 0.3) is 0 Å². The van der Waals surface area contributed by atoms with Gasteiger partial charge >= 0.3 is 17.9 Å². The van der Waals surface area contributed by atoms with Gasteiger partial charge in [-0.05, 0) is 19.9 Å². The Kier molecular flexibility index (Phi) is 7.42. The largest absolute Gasteiger partial charge is 0.463 e. The number of hydrogen-bond acceptors (Lipinski definition) is 6. The first kappa shape index (κ1) is 16.1. The summed E-state index contributed by atoms with van der Waals surface area (Å²) in [7, 11) is 0. The summed E-state index contributed by atoms with van der Waals surface area (Å²) >= 11 is 0. The molecule has 0 aliphatic rings. The molecule has 0 saturated heterocycles. The maximum atomic E-state index is 11.1. The minimum absolute atomic E-state index is 0.251. The van der Waals surface area contributed by atoms with Crippen molar-refractivity contribution < 1.29 is 28.6 Å². The van der Waals surface area contributed by atoms with Crippen LogP contribution < -0.4 is 0 Å². The first-order valence-corrected chi connectivity index (χ1v) is 5.56. The fourth-order valence-electron chi connectivity index (χ4n) is 1.18. The van der Waals surface area contributed by atoms with Crippen LogP contribution in [0.15, 0.2) is 12.2 Å². The standard InChI is InChI=1S/C12H18O6/c1-5-16-12(15)7-6-11(18-10(4)14)8(2)17-9(3)13/h6-8,11H,5H2,1-4H3/b7-6+. The van der Waals surface area contributed by atoms with Gasteiger partial charge in [-0.1, -0.05) is 0 Å². The van der Waals surface area contributed by atoms with E-state index < -0.39 is 30.1 Å². The molecule has 0 aliphatic heterocycles. The van der Waals surface area contributed by atoms with Crippen molar-refractivity contribution in [2.75, 3.05) is 6.61 Å². The first-order valence-electron chi connectivity index (χ1n) is 5.56. The molecule has 0 aromatic carbocycles. The molecule has 0 heterocycles. The van der Waals surface area contributed by atoms with Gasteiger partial charge in [0.05, 0.1) is 6.61 Å². The molecule has 0 spiro atoms. The molecule has 0 fully saturated rings. The zero-order chi connectivity index (χ0) is 14.1. The zero-order valence-electron chi connectivity index (χ0n) is 11.0. The Hall–Kier alpha value is -1.85. The van der Waals surface area contributed by atoms with E-state index in [1.54, 1.807) is 13.8 Å². The van der Waals surface area contributed by atoms with Crippen molar-refractivity contribution in [3.05, 3.63) is 12.2 Å². The minimum Gasteiger partial charge on any atom is -0.463 e. The second-order valence-corrected chi connectivity index (χ2v) is 3.50. The van der Waals surface area contributed by atoms with Crippen LogP contribution in [0.3, 0.4) is 0 Å². The third-order valence-corrected chi connectivity index (χ3v) is 1.83. The number of esters is 3. The van der Waals surface area contributed by atoms with E-state index in [0.717, 1.165) is 6.08 Å². The van der Waals surface area contributed by atoms with Gasteiger partial charge in [0.15, 0.2) is 6.10 Å². The average molecular weight is 258 g/mol. The molecule has 0 saturated carbocycles. The molecule has 102 valence electrons. The van der Waals surface area contributed by atoms with Gasteiger partial charge in [-0.25, -0.2) is 4.79 Å². The van der Waals surface area contributed by atoms with E-state index in [0.29, 0.717) is 0 Å². The van der Waals surface area contributed by atoms with E-state index in [2.05, 4.69) is 4.74 Å². The predicted molar refractivity (Wildman–Crippen MR) is 62.6 cm³/mol. The summed E-state index contributed by atoms with van der Waals surface area (Å²) < 4.78 is 14.5. The van der Waals surface area contributed by atoms with Crippen molar-refractivity contribution in [3.63, 3.8) is 0 Å². The van der Waals surface area contributed by atoms with E-state index in [4.69, 9.17) is 9.47 Å². The summed E-state index contributed by atoms with van der Waals surface area (Å²) in [6.45, 7) is 5.96. The van der Waals surface area contributed by atoms with Crippen LogP contribution in [0, 0.1) is 0 Å². The fraction of sp³-hybridized carbons (Fsp3) is 0.583. The van der Waals surface area contributed by atoms with Crippen molar-refractivity contribution in [2.24, 2.45) is 0 Å². The molecule has 0 aliphatic carbocycles. The maximum absolute atomic E-state index is 11.1. The highest BCUT2D eigenvalue weighted by molar-refractivity contribution is 5.82. The highest BCUT2D eigenvalue weighted by Gasteiger charge is 2.20. The van der Waals surface area contributed by atoms with Crippen LogP contribution in [0.5, 0.6) is 0 Å². The van der Waals surface area contributed by atoms with E-state index in [9.17, 15) is 14.4 Å². The summed E-state index contributed by atoms with van der Waals surface area (Å²) in [6, 6.07) is 0. The molecule has 2 unspecified atom stereocenters. The van der Waals surface area contributed by atoms with E-state index in [1.165, 1.54) is 19.9 Å². The van der Waals surface area contributed by atoms with Crippen LogP contribution in [0.4, 0.5) is 0 Å². The first-order chi connectivity index (χ1) is 8.36. The lowest BCUT2D eigenvalue weighted by Gasteiger charge is -2.20. The van der Waals surface area contributed by atoms with Crippen LogP contribution in [-0.2, 0) is 28.6 Å². The number of hydrogen-bond donors (Lipinski definition) is 0. The Morgan fingerprint density at radius 1 is 1.11 bits per heavy atom. The highest BCUT2D eigenvalue weighted by Crippen LogP contribution is 2.07. The molecule has 0 rings (SSSR count). The topological polar surface area (TPSA) is 78.9 Å². The molecule has 6 heteroatoms. The molecule has 6 nitrogen and oxygen atoms in total. The van der Waals surface area contributed by atoms with Crippen molar-refractivity contribution in [1.29, 1.82) is 0 Å². The predicted octanol–water partition coefficient (Wildman–Crippen LogP) is 0.989. The normalized spacial score (nSPS) is 13.8.